The molecule has 4 N–H and O–H groups in total. The van der Waals surface area contributed by atoms with Crippen LogP contribution in [0.15, 0.2) is 12.2 Å². The first kappa shape index (κ1) is 39.1. The van der Waals surface area contributed by atoms with Gasteiger partial charge in [0.05, 0.1) is 18.8 Å². The lowest BCUT2D eigenvalue weighted by molar-refractivity contribution is -0.131. The molecule has 0 saturated heterocycles. The van der Waals surface area contributed by atoms with Crippen LogP contribution in [0.4, 0.5) is 0 Å². The molecule has 0 bridgehead atoms. The number of carbonyl (C=O) groups is 1. The molecule has 0 radical (unpaired) electrons. The summed E-state index contributed by atoms with van der Waals surface area (Å²) in [6.45, 7) is 4.14. The highest BCUT2D eigenvalue weighted by molar-refractivity contribution is 5.80. The first-order chi connectivity index (χ1) is 19.6. The van der Waals surface area contributed by atoms with Crippen LogP contribution in [0.25, 0.3) is 0 Å². The van der Waals surface area contributed by atoms with Crippen molar-refractivity contribution in [2.45, 2.75) is 199 Å². The van der Waals surface area contributed by atoms with E-state index in [1.807, 2.05) is 6.08 Å². The van der Waals surface area contributed by atoms with E-state index in [1.165, 1.54) is 128 Å². The molecule has 5 nitrogen and oxygen atoms in total. The molecular weight excluding hydrogens is 498 g/mol. The van der Waals surface area contributed by atoms with Gasteiger partial charge in [-0.1, -0.05) is 174 Å². The molecule has 0 aliphatic heterocycles. The zero-order valence-electron chi connectivity index (χ0n) is 26.7. The first-order valence-corrected chi connectivity index (χ1v) is 17.5. The number of hydrogen-bond acceptors (Lipinski definition) is 4. The second-order valence-corrected chi connectivity index (χ2v) is 12.1. The summed E-state index contributed by atoms with van der Waals surface area (Å²) in [6.07, 6.45) is 33.7. The number of hydrogen-bond donors (Lipinski definition) is 4. The molecule has 40 heavy (non-hydrogen) atoms. The summed E-state index contributed by atoms with van der Waals surface area (Å²) in [6, 6.07) is -0.789. The van der Waals surface area contributed by atoms with Crippen molar-refractivity contribution in [3.63, 3.8) is 0 Å². The molecule has 3 atom stereocenters. The lowest BCUT2D eigenvalue weighted by atomic mass is 10.0. The van der Waals surface area contributed by atoms with Gasteiger partial charge in [0, 0.05) is 0 Å². The van der Waals surface area contributed by atoms with Gasteiger partial charge in [0.25, 0.3) is 0 Å². The Morgan fingerprint density at radius 1 is 0.600 bits per heavy atom. The van der Waals surface area contributed by atoms with Gasteiger partial charge < -0.3 is 20.6 Å². The van der Waals surface area contributed by atoms with Crippen LogP contribution in [0.2, 0.25) is 0 Å². The Kier molecular flexibility index (Phi) is 30.3. The second-order valence-electron chi connectivity index (χ2n) is 12.1. The highest BCUT2D eigenvalue weighted by atomic mass is 16.3. The predicted octanol–water partition coefficient (Wildman–Crippen LogP) is 8.92. The van der Waals surface area contributed by atoms with E-state index < -0.39 is 24.2 Å². The summed E-state index contributed by atoms with van der Waals surface area (Å²) < 4.78 is 0. The van der Waals surface area contributed by atoms with Crippen molar-refractivity contribution in [1.29, 1.82) is 0 Å². The largest absolute Gasteiger partial charge is 0.394 e. The maximum atomic E-state index is 12.3. The van der Waals surface area contributed by atoms with Gasteiger partial charge in [-0.05, 0) is 19.3 Å². The molecule has 0 rings (SSSR count). The molecule has 3 unspecified atom stereocenters. The third-order valence-electron chi connectivity index (χ3n) is 8.13. The van der Waals surface area contributed by atoms with Gasteiger partial charge in [-0.3, -0.25) is 4.79 Å². The smallest absolute Gasteiger partial charge is 0.249 e. The van der Waals surface area contributed by atoms with Crippen LogP contribution in [0.3, 0.4) is 0 Å². The second kappa shape index (κ2) is 31.0. The summed E-state index contributed by atoms with van der Waals surface area (Å²) >= 11 is 0. The van der Waals surface area contributed by atoms with E-state index in [0.29, 0.717) is 6.42 Å². The average molecular weight is 568 g/mol. The van der Waals surface area contributed by atoms with Crippen LogP contribution >= 0.6 is 0 Å². The minimum Gasteiger partial charge on any atom is -0.394 e. The number of nitrogens with one attached hydrogen (secondary N) is 1. The maximum Gasteiger partial charge on any atom is 0.249 e. The average Bonchev–Trinajstić information content (AvgIpc) is 2.96. The Labute approximate surface area is 249 Å². The highest BCUT2D eigenvalue weighted by Crippen LogP contribution is 2.15. The lowest BCUT2D eigenvalue weighted by Gasteiger charge is -2.21. The minimum absolute atomic E-state index is 0.361. The van der Waals surface area contributed by atoms with Gasteiger partial charge in [0.2, 0.25) is 5.91 Å². The van der Waals surface area contributed by atoms with Crippen molar-refractivity contribution >= 4 is 5.91 Å². The molecule has 0 aliphatic carbocycles. The van der Waals surface area contributed by atoms with Gasteiger partial charge in [0.1, 0.15) is 6.10 Å². The molecule has 0 spiro atoms. The Morgan fingerprint density at radius 3 is 1.38 bits per heavy atom. The summed E-state index contributed by atoms with van der Waals surface area (Å²) in [5.74, 6) is -0.505. The van der Waals surface area contributed by atoms with Gasteiger partial charge >= 0.3 is 0 Å². The summed E-state index contributed by atoms with van der Waals surface area (Å²) in [7, 11) is 0. The van der Waals surface area contributed by atoms with Crippen molar-refractivity contribution in [2.75, 3.05) is 6.61 Å². The zero-order valence-corrected chi connectivity index (χ0v) is 26.7. The first-order valence-electron chi connectivity index (χ1n) is 17.5. The van der Waals surface area contributed by atoms with Crippen LogP contribution in [0.1, 0.15) is 181 Å². The number of aliphatic hydroxyl groups excluding tert-OH is 3. The molecule has 0 heterocycles. The monoisotopic (exact) mass is 568 g/mol. The number of rotatable bonds is 31. The van der Waals surface area contributed by atoms with Crippen LogP contribution in [0.5, 0.6) is 0 Å². The van der Waals surface area contributed by atoms with Gasteiger partial charge in [-0.25, -0.2) is 0 Å². The molecule has 0 aromatic carbocycles. The normalized spacial score (nSPS) is 14.0. The van der Waals surface area contributed by atoms with Crippen LogP contribution in [-0.2, 0) is 4.79 Å². The van der Waals surface area contributed by atoms with E-state index >= 15 is 0 Å². The van der Waals surface area contributed by atoms with Crippen LogP contribution in [0, 0.1) is 0 Å². The Bertz CT molecular complexity index is 554. The number of unbranched alkanes of at least 4 members (excludes halogenated alkanes) is 23. The topological polar surface area (TPSA) is 89.8 Å². The fourth-order valence-electron chi connectivity index (χ4n) is 5.30. The predicted molar refractivity (Wildman–Crippen MR) is 172 cm³/mol. The zero-order chi connectivity index (χ0) is 29.5. The lowest BCUT2D eigenvalue weighted by Crippen LogP contribution is -2.48. The van der Waals surface area contributed by atoms with E-state index in [2.05, 4.69) is 19.2 Å². The maximum absolute atomic E-state index is 12.3. The molecule has 0 aromatic heterocycles. The van der Waals surface area contributed by atoms with Crippen molar-refractivity contribution < 1.29 is 20.1 Å². The van der Waals surface area contributed by atoms with Crippen molar-refractivity contribution in [3.8, 4) is 0 Å². The van der Waals surface area contributed by atoms with Gasteiger partial charge in [-0.2, -0.15) is 0 Å². The quantitative estimate of drug-likeness (QED) is 0.0497. The van der Waals surface area contributed by atoms with Gasteiger partial charge in [0.15, 0.2) is 0 Å². The van der Waals surface area contributed by atoms with Crippen molar-refractivity contribution in [2.24, 2.45) is 0 Å². The highest BCUT2D eigenvalue weighted by Gasteiger charge is 2.22. The molecular formula is C35H69NO4. The van der Waals surface area contributed by atoms with Crippen LogP contribution < -0.4 is 5.32 Å². The van der Waals surface area contributed by atoms with E-state index in [0.717, 1.165) is 32.1 Å². The van der Waals surface area contributed by atoms with E-state index in [-0.39, 0.29) is 6.61 Å². The number of aliphatic hydroxyl groups is 3. The third kappa shape index (κ3) is 26.0. The Morgan fingerprint density at radius 2 is 0.975 bits per heavy atom. The molecule has 0 aromatic rings. The SMILES string of the molecule is CCCCCCCCC/C=C/C(O)C(CO)NC(=O)C(O)CCCCCCCCCCCCCCCCCCC. The summed E-state index contributed by atoms with van der Waals surface area (Å²) in [5.41, 5.74) is 0. The Balaban J connectivity index is 3.69. The van der Waals surface area contributed by atoms with Crippen molar-refractivity contribution in [1.82, 2.24) is 5.32 Å². The molecule has 0 aliphatic rings. The third-order valence-corrected chi connectivity index (χ3v) is 8.13. The molecule has 0 saturated carbocycles. The molecule has 0 fully saturated rings. The van der Waals surface area contributed by atoms with E-state index in [9.17, 15) is 20.1 Å². The van der Waals surface area contributed by atoms with E-state index in [4.69, 9.17) is 0 Å². The van der Waals surface area contributed by atoms with E-state index in [1.54, 1.807) is 6.08 Å². The van der Waals surface area contributed by atoms with Gasteiger partial charge in [-0.15, -0.1) is 0 Å². The standard InChI is InChI=1S/C35H69NO4/c1-3-5-7-9-11-13-14-15-16-17-18-19-20-22-24-26-28-30-34(39)35(40)36-32(31-37)33(38)29-27-25-23-21-12-10-8-6-4-2/h27,29,32-34,37-39H,3-26,28,30-31H2,1-2H3,(H,36,40)/b29-27+. The number of amides is 1. The van der Waals surface area contributed by atoms with Crippen LogP contribution in [-0.4, -0.2) is 46.1 Å². The van der Waals surface area contributed by atoms with Crippen molar-refractivity contribution in [3.05, 3.63) is 12.2 Å². The molecule has 5 heteroatoms. The number of carbonyl (C=O) groups excluding carboxylic acids is 1. The molecule has 1 amide bonds. The minimum atomic E-state index is -1.09. The Hall–Kier alpha value is -0.910. The fraction of sp³-hybridized carbons (Fsp3) is 0.914. The number of allylic oxidation sites excluding steroid dienone is 1. The summed E-state index contributed by atoms with van der Waals surface area (Å²) in [5, 5.41) is 32.8. The fourth-order valence-corrected chi connectivity index (χ4v) is 5.30. The molecule has 238 valence electrons. The summed E-state index contributed by atoms with van der Waals surface area (Å²) in [4.78, 5) is 12.3.